The number of carboxylic acid groups (broad SMARTS) is 1. The lowest BCUT2D eigenvalue weighted by atomic mass is 10.2. The van der Waals surface area contributed by atoms with Crippen LogP contribution in [0.15, 0.2) is 34.5 Å². The van der Waals surface area contributed by atoms with Crippen molar-refractivity contribution in [3.8, 4) is 10.6 Å². The van der Waals surface area contributed by atoms with Crippen molar-refractivity contribution in [2.45, 2.75) is 30.3 Å². The SMILES string of the molecule is CS(=O)(=O)c1ccc(-c2nc(CN3CCC[C@H]3C(=O)O)cs2)cc1. The molecule has 1 aliphatic rings. The van der Waals surface area contributed by atoms with Crippen molar-refractivity contribution in [2.75, 3.05) is 12.8 Å². The molecule has 1 aromatic carbocycles. The van der Waals surface area contributed by atoms with E-state index >= 15 is 0 Å². The third-order valence-corrected chi connectivity index (χ3v) is 6.16. The van der Waals surface area contributed by atoms with Crippen molar-refractivity contribution in [1.82, 2.24) is 9.88 Å². The van der Waals surface area contributed by atoms with Crippen molar-refractivity contribution in [2.24, 2.45) is 0 Å². The summed E-state index contributed by atoms with van der Waals surface area (Å²) in [5.74, 6) is -0.778. The molecule has 1 atom stereocenters. The third-order valence-electron chi connectivity index (χ3n) is 4.09. The second kappa shape index (κ2) is 6.62. The van der Waals surface area contributed by atoms with Gasteiger partial charge in [-0.1, -0.05) is 12.1 Å². The van der Waals surface area contributed by atoms with Crippen molar-refractivity contribution < 1.29 is 18.3 Å². The summed E-state index contributed by atoms with van der Waals surface area (Å²) in [6.45, 7) is 1.29. The van der Waals surface area contributed by atoms with Crippen molar-refractivity contribution in [3.05, 3.63) is 35.3 Å². The number of aromatic nitrogens is 1. The molecule has 1 N–H and O–H groups in total. The Labute approximate surface area is 144 Å². The van der Waals surface area contributed by atoms with Gasteiger partial charge in [-0.3, -0.25) is 9.69 Å². The lowest BCUT2D eigenvalue weighted by molar-refractivity contribution is -0.142. The fraction of sp³-hybridized carbons (Fsp3) is 0.375. The minimum atomic E-state index is -3.21. The van der Waals surface area contributed by atoms with Gasteiger partial charge in [-0.15, -0.1) is 11.3 Å². The van der Waals surface area contributed by atoms with Gasteiger partial charge in [0.1, 0.15) is 11.0 Å². The molecular formula is C16H18N2O4S2. The first-order valence-corrected chi connectivity index (χ1v) is 10.3. The molecule has 6 nitrogen and oxygen atoms in total. The number of likely N-dealkylation sites (tertiary alicyclic amines) is 1. The molecule has 1 aliphatic heterocycles. The Morgan fingerprint density at radius 2 is 2.08 bits per heavy atom. The highest BCUT2D eigenvalue weighted by molar-refractivity contribution is 7.90. The third kappa shape index (κ3) is 3.66. The van der Waals surface area contributed by atoms with E-state index in [4.69, 9.17) is 0 Å². The van der Waals surface area contributed by atoms with Gasteiger partial charge in [-0.2, -0.15) is 0 Å². The Hall–Kier alpha value is -1.77. The summed E-state index contributed by atoms with van der Waals surface area (Å²) in [6, 6.07) is 6.22. The second-order valence-corrected chi connectivity index (χ2v) is 8.78. The van der Waals surface area contributed by atoms with Gasteiger partial charge >= 0.3 is 5.97 Å². The lowest BCUT2D eigenvalue weighted by Gasteiger charge is -2.19. The monoisotopic (exact) mass is 366 g/mol. The van der Waals surface area contributed by atoms with Crippen LogP contribution in [0.1, 0.15) is 18.5 Å². The quantitative estimate of drug-likeness (QED) is 0.873. The topological polar surface area (TPSA) is 87.6 Å². The minimum Gasteiger partial charge on any atom is -0.480 e. The van der Waals surface area contributed by atoms with Crippen LogP contribution < -0.4 is 0 Å². The highest BCUT2D eigenvalue weighted by atomic mass is 32.2. The number of thiazole rings is 1. The second-order valence-electron chi connectivity index (χ2n) is 5.91. The summed E-state index contributed by atoms with van der Waals surface area (Å²) < 4.78 is 23.0. The number of nitrogens with zero attached hydrogens (tertiary/aromatic N) is 2. The molecule has 0 amide bonds. The largest absolute Gasteiger partial charge is 0.480 e. The zero-order valence-corrected chi connectivity index (χ0v) is 14.8. The predicted molar refractivity (Wildman–Crippen MR) is 91.7 cm³/mol. The predicted octanol–water partition coefficient (Wildman–Crippen LogP) is 2.26. The molecule has 1 saturated heterocycles. The minimum absolute atomic E-state index is 0.282. The van der Waals surface area contributed by atoms with Crippen LogP contribution in [-0.2, 0) is 21.2 Å². The number of aliphatic carboxylic acids is 1. The van der Waals surface area contributed by atoms with Crippen LogP contribution in [0, 0.1) is 0 Å². The molecular weight excluding hydrogens is 348 g/mol. The first-order valence-electron chi connectivity index (χ1n) is 7.56. The summed E-state index contributed by atoms with van der Waals surface area (Å²) in [7, 11) is -3.21. The van der Waals surface area contributed by atoms with Gasteiger partial charge in [0.25, 0.3) is 0 Å². The van der Waals surface area contributed by atoms with Gasteiger partial charge in [0.2, 0.25) is 0 Å². The first-order chi connectivity index (χ1) is 11.3. The molecule has 0 radical (unpaired) electrons. The molecule has 1 aromatic heterocycles. The maximum Gasteiger partial charge on any atom is 0.320 e. The number of carboxylic acids is 1. The van der Waals surface area contributed by atoms with E-state index in [0.717, 1.165) is 29.2 Å². The zero-order chi connectivity index (χ0) is 17.3. The van der Waals surface area contributed by atoms with Crippen molar-refractivity contribution in [3.63, 3.8) is 0 Å². The van der Waals surface area contributed by atoms with E-state index in [9.17, 15) is 18.3 Å². The van der Waals surface area contributed by atoms with E-state index in [-0.39, 0.29) is 4.90 Å². The molecule has 3 rings (SSSR count). The Balaban J connectivity index is 1.75. The smallest absolute Gasteiger partial charge is 0.320 e. The lowest BCUT2D eigenvalue weighted by Crippen LogP contribution is -2.35. The Bertz CT molecular complexity index is 843. The fourth-order valence-corrected chi connectivity index (χ4v) is 4.31. The summed E-state index contributed by atoms with van der Waals surface area (Å²) in [6.07, 6.45) is 2.75. The highest BCUT2D eigenvalue weighted by Crippen LogP contribution is 2.27. The number of carbonyl (C=O) groups is 1. The average molecular weight is 366 g/mol. The van der Waals surface area contributed by atoms with Gasteiger partial charge in [0.15, 0.2) is 9.84 Å². The average Bonchev–Trinajstić information content (AvgIpc) is 3.16. The van der Waals surface area contributed by atoms with Gasteiger partial charge in [0.05, 0.1) is 10.6 Å². The number of benzene rings is 1. The van der Waals surface area contributed by atoms with Crippen molar-refractivity contribution >= 4 is 27.1 Å². The Morgan fingerprint density at radius 3 is 2.71 bits per heavy atom. The number of rotatable bonds is 5. The number of hydrogen-bond acceptors (Lipinski definition) is 6. The Kier molecular flexibility index (Phi) is 4.71. The van der Waals surface area contributed by atoms with E-state index in [2.05, 4.69) is 4.98 Å². The molecule has 0 spiro atoms. The van der Waals surface area contributed by atoms with Crippen LogP contribution in [0.4, 0.5) is 0 Å². The Morgan fingerprint density at radius 1 is 1.38 bits per heavy atom. The van der Waals surface area contributed by atoms with Crippen molar-refractivity contribution in [1.29, 1.82) is 0 Å². The molecule has 0 unspecified atom stereocenters. The molecule has 24 heavy (non-hydrogen) atoms. The van der Waals surface area contributed by atoms with Crippen LogP contribution in [0.25, 0.3) is 10.6 Å². The normalized spacial score (nSPS) is 18.8. The first kappa shape index (κ1) is 17.1. The summed E-state index contributed by atoms with van der Waals surface area (Å²) in [4.78, 5) is 18.0. The van der Waals surface area contributed by atoms with Crippen LogP contribution in [0.5, 0.6) is 0 Å². The molecule has 0 bridgehead atoms. The van der Waals surface area contributed by atoms with E-state index in [1.165, 1.54) is 17.6 Å². The summed E-state index contributed by atoms with van der Waals surface area (Å²) in [5, 5.41) is 12.0. The summed E-state index contributed by atoms with van der Waals surface area (Å²) in [5.41, 5.74) is 1.70. The van der Waals surface area contributed by atoms with E-state index < -0.39 is 21.8 Å². The molecule has 128 valence electrons. The van der Waals surface area contributed by atoms with Crippen LogP contribution in [0.3, 0.4) is 0 Å². The summed E-state index contributed by atoms with van der Waals surface area (Å²) >= 11 is 1.47. The van der Waals surface area contributed by atoms with E-state index in [0.29, 0.717) is 13.0 Å². The zero-order valence-electron chi connectivity index (χ0n) is 13.2. The van der Waals surface area contributed by atoms with E-state index in [1.54, 1.807) is 24.3 Å². The standard InChI is InChI=1S/C16H18N2O4S2/c1-24(21,22)13-6-4-11(5-7-13)15-17-12(10-23-15)9-18-8-2-3-14(18)16(19)20/h4-7,10,14H,2-3,8-9H2,1H3,(H,19,20)/t14-/m0/s1. The molecule has 2 aromatic rings. The highest BCUT2D eigenvalue weighted by Gasteiger charge is 2.30. The van der Waals surface area contributed by atoms with Gasteiger partial charge < -0.3 is 5.11 Å². The molecule has 0 saturated carbocycles. The van der Waals surface area contributed by atoms with Crippen LogP contribution in [0.2, 0.25) is 0 Å². The maximum atomic E-state index is 11.5. The molecule has 2 heterocycles. The van der Waals surface area contributed by atoms with E-state index in [1.807, 2.05) is 10.3 Å². The van der Waals surface area contributed by atoms with Gasteiger partial charge in [0, 0.05) is 23.7 Å². The molecule has 8 heteroatoms. The van der Waals surface area contributed by atoms with Gasteiger partial charge in [-0.25, -0.2) is 13.4 Å². The van der Waals surface area contributed by atoms with Crippen LogP contribution >= 0.6 is 11.3 Å². The number of hydrogen-bond donors (Lipinski definition) is 1. The molecule has 1 fully saturated rings. The fourth-order valence-electron chi connectivity index (χ4n) is 2.86. The maximum absolute atomic E-state index is 11.5. The van der Waals surface area contributed by atoms with Gasteiger partial charge in [-0.05, 0) is 31.5 Å². The molecule has 0 aliphatic carbocycles. The van der Waals surface area contributed by atoms with Crippen LogP contribution in [-0.4, -0.2) is 48.2 Å². The number of sulfone groups is 1.